The van der Waals surface area contributed by atoms with E-state index in [0.29, 0.717) is 42.6 Å². The minimum absolute atomic E-state index is 0.0129. The van der Waals surface area contributed by atoms with Crippen molar-refractivity contribution >= 4 is 31.9 Å². The molecule has 1 saturated heterocycles. The van der Waals surface area contributed by atoms with Crippen LogP contribution in [0.3, 0.4) is 0 Å². The number of hydrogen-bond donors (Lipinski definition) is 1. The Bertz CT molecular complexity index is 718. The number of carboxylic acids is 1. The van der Waals surface area contributed by atoms with Gasteiger partial charge in [0.2, 0.25) is 10.0 Å². The number of aliphatic carboxylic acids is 1. The molecule has 1 N–H and O–H groups in total. The van der Waals surface area contributed by atoms with Crippen molar-refractivity contribution in [1.29, 1.82) is 0 Å². The molecule has 0 spiro atoms. The number of hydrogen-bond acceptors (Lipinski definition) is 4. The summed E-state index contributed by atoms with van der Waals surface area (Å²) in [7, 11) is -3.76. The van der Waals surface area contributed by atoms with Gasteiger partial charge < -0.3 is 9.84 Å². The van der Waals surface area contributed by atoms with Crippen LogP contribution in [0.1, 0.15) is 18.4 Å². The molecular weight excluding hydrogens is 374 g/mol. The number of nitrogens with zero attached hydrogens (tertiary/aromatic N) is 1. The van der Waals surface area contributed by atoms with Gasteiger partial charge in [0.15, 0.2) is 0 Å². The highest BCUT2D eigenvalue weighted by Gasteiger charge is 2.36. The summed E-state index contributed by atoms with van der Waals surface area (Å²) in [6, 6.07) is 3.39. The van der Waals surface area contributed by atoms with E-state index in [9.17, 15) is 13.2 Å². The second-order valence-electron chi connectivity index (χ2n) is 5.53. The fourth-order valence-electron chi connectivity index (χ4n) is 2.93. The van der Waals surface area contributed by atoms with Crippen LogP contribution >= 0.6 is 15.9 Å². The average molecular weight is 390 g/mol. The van der Waals surface area contributed by atoms with E-state index in [2.05, 4.69) is 15.9 Å². The van der Waals surface area contributed by atoms with Crippen molar-refractivity contribution in [2.75, 3.05) is 19.7 Å². The highest BCUT2D eigenvalue weighted by atomic mass is 79.9. The first-order chi connectivity index (χ1) is 10.4. The number of rotatable bonds is 3. The molecule has 0 bridgehead atoms. The van der Waals surface area contributed by atoms with Gasteiger partial charge in [-0.1, -0.05) is 15.9 Å². The standard InChI is InChI=1S/C14H16BrNO5S/c15-11-6-9-3-5-21-13(9)12(7-11)22(19,20)16-4-1-2-10(8-16)14(17)18/h6-7,10H,1-5,8H2,(H,17,18). The van der Waals surface area contributed by atoms with Gasteiger partial charge in [-0.15, -0.1) is 0 Å². The lowest BCUT2D eigenvalue weighted by molar-refractivity contribution is -0.142. The zero-order valence-electron chi connectivity index (χ0n) is 11.8. The predicted octanol–water partition coefficient (Wildman–Crippen LogP) is 1.87. The number of sulfonamides is 1. The molecule has 3 rings (SSSR count). The maximum absolute atomic E-state index is 12.9. The highest BCUT2D eigenvalue weighted by Crippen LogP contribution is 2.38. The Morgan fingerprint density at radius 1 is 1.41 bits per heavy atom. The maximum Gasteiger partial charge on any atom is 0.307 e. The van der Waals surface area contributed by atoms with Crippen molar-refractivity contribution in [2.45, 2.75) is 24.2 Å². The van der Waals surface area contributed by atoms with Gasteiger partial charge in [-0.05, 0) is 25.0 Å². The van der Waals surface area contributed by atoms with Gasteiger partial charge in [0.1, 0.15) is 10.6 Å². The van der Waals surface area contributed by atoms with Gasteiger partial charge in [0, 0.05) is 29.5 Å². The fraction of sp³-hybridized carbons (Fsp3) is 0.500. The van der Waals surface area contributed by atoms with E-state index in [-0.39, 0.29) is 11.4 Å². The largest absolute Gasteiger partial charge is 0.492 e. The SMILES string of the molecule is O=C(O)C1CCCN(S(=O)(=O)c2cc(Br)cc3c2OCC3)C1. The summed E-state index contributed by atoms with van der Waals surface area (Å²) in [5, 5.41) is 9.14. The van der Waals surface area contributed by atoms with Gasteiger partial charge >= 0.3 is 5.97 Å². The second kappa shape index (κ2) is 5.82. The van der Waals surface area contributed by atoms with Crippen molar-refractivity contribution in [1.82, 2.24) is 4.31 Å². The Balaban J connectivity index is 1.98. The molecule has 0 aromatic heterocycles. The monoisotopic (exact) mass is 389 g/mol. The molecule has 0 amide bonds. The van der Waals surface area contributed by atoms with Crippen LogP contribution in [-0.2, 0) is 21.2 Å². The third kappa shape index (κ3) is 2.75. The Morgan fingerprint density at radius 2 is 2.18 bits per heavy atom. The second-order valence-corrected chi connectivity index (χ2v) is 8.35. The lowest BCUT2D eigenvalue weighted by Gasteiger charge is -2.30. The van der Waals surface area contributed by atoms with Crippen LogP contribution < -0.4 is 4.74 Å². The van der Waals surface area contributed by atoms with Crippen molar-refractivity contribution in [3.8, 4) is 5.75 Å². The molecule has 1 fully saturated rings. The zero-order chi connectivity index (χ0) is 15.9. The number of fused-ring (bicyclic) bond motifs is 1. The van der Waals surface area contributed by atoms with Crippen LogP contribution in [0, 0.1) is 5.92 Å². The molecule has 2 heterocycles. The summed E-state index contributed by atoms with van der Waals surface area (Å²) in [5.41, 5.74) is 0.861. The molecule has 22 heavy (non-hydrogen) atoms. The molecule has 0 saturated carbocycles. The van der Waals surface area contributed by atoms with E-state index in [1.165, 1.54) is 10.4 Å². The predicted molar refractivity (Wildman–Crippen MR) is 82.5 cm³/mol. The van der Waals surface area contributed by atoms with E-state index in [4.69, 9.17) is 9.84 Å². The summed E-state index contributed by atoms with van der Waals surface area (Å²) < 4.78 is 33.2. The highest BCUT2D eigenvalue weighted by molar-refractivity contribution is 9.10. The minimum Gasteiger partial charge on any atom is -0.492 e. The molecule has 0 radical (unpaired) electrons. The number of carboxylic acid groups (broad SMARTS) is 1. The average Bonchev–Trinajstić information content (AvgIpc) is 2.94. The molecule has 6 nitrogen and oxygen atoms in total. The number of benzene rings is 1. The van der Waals surface area contributed by atoms with Gasteiger partial charge in [0.05, 0.1) is 12.5 Å². The Labute approximate surface area is 137 Å². The van der Waals surface area contributed by atoms with E-state index in [0.717, 1.165) is 5.56 Å². The summed E-state index contributed by atoms with van der Waals surface area (Å²) in [4.78, 5) is 11.3. The fourth-order valence-corrected chi connectivity index (χ4v) is 5.31. The van der Waals surface area contributed by atoms with Gasteiger partial charge in [-0.25, -0.2) is 8.42 Å². The van der Waals surface area contributed by atoms with E-state index >= 15 is 0 Å². The normalized spacial score (nSPS) is 22.1. The topological polar surface area (TPSA) is 83.9 Å². The van der Waals surface area contributed by atoms with Crippen LogP contribution in [0.4, 0.5) is 0 Å². The minimum atomic E-state index is -3.76. The van der Waals surface area contributed by atoms with Crippen LogP contribution in [-0.4, -0.2) is 43.5 Å². The molecule has 2 aliphatic heterocycles. The zero-order valence-corrected chi connectivity index (χ0v) is 14.2. The summed E-state index contributed by atoms with van der Waals surface area (Å²) in [6.45, 7) is 0.818. The van der Waals surface area contributed by atoms with Gasteiger partial charge in [0.25, 0.3) is 0 Å². The van der Waals surface area contributed by atoms with Crippen LogP contribution in [0.15, 0.2) is 21.5 Å². The number of piperidine rings is 1. The van der Waals surface area contributed by atoms with Crippen LogP contribution in [0.5, 0.6) is 5.75 Å². The molecule has 8 heteroatoms. The van der Waals surface area contributed by atoms with Crippen molar-refractivity contribution in [2.24, 2.45) is 5.92 Å². The number of carbonyl (C=O) groups is 1. The van der Waals surface area contributed by atoms with Crippen LogP contribution in [0.25, 0.3) is 0 Å². The molecule has 1 atom stereocenters. The lowest BCUT2D eigenvalue weighted by Crippen LogP contribution is -2.42. The van der Waals surface area contributed by atoms with Gasteiger partial charge in [-0.3, -0.25) is 4.79 Å². The van der Waals surface area contributed by atoms with E-state index < -0.39 is 21.9 Å². The van der Waals surface area contributed by atoms with E-state index in [1.54, 1.807) is 0 Å². The third-order valence-corrected chi connectivity index (χ3v) is 6.39. The van der Waals surface area contributed by atoms with Crippen LogP contribution in [0.2, 0.25) is 0 Å². The molecule has 1 unspecified atom stereocenters. The summed E-state index contributed by atoms with van der Waals surface area (Å²) in [5.74, 6) is -1.19. The number of halogens is 1. The molecule has 1 aromatic carbocycles. The number of ether oxygens (including phenoxy) is 1. The Morgan fingerprint density at radius 3 is 2.91 bits per heavy atom. The Kier molecular flexibility index (Phi) is 4.17. The maximum atomic E-state index is 12.9. The third-order valence-electron chi connectivity index (χ3n) is 4.07. The smallest absolute Gasteiger partial charge is 0.307 e. The van der Waals surface area contributed by atoms with Crippen molar-refractivity contribution < 1.29 is 23.1 Å². The quantitative estimate of drug-likeness (QED) is 0.852. The first kappa shape index (κ1) is 15.8. The molecule has 2 aliphatic rings. The lowest BCUT2D eigenvalue weighted by atomic mass is 10.0. The molecule has 120 valence electrons. The molecular formula is C14H16BrNO5S. The van der Waals surface area contributed by atoms with Crippen molar-refractivity contribution in [3.05, 3.63) is 22.2 Å². The molecule has 0 aliphatic carbocycles. The van der Waals surface area contributed by atoms with Gasteiger partial charge in [-0.2, -0.15) is 4.31 Å². The van der Waals surface area contributed by atoms with Crippen molar-refractivity contribution in [3.63, 3.8) is 0 Å². The molecule has 1 aromatic rings. The first-order valence-electron chi connectivity index (χ1n) is 7.08. The summed E-state index contributed by atoms with van der Waals surface area (Å²) in [6.07, 6.45) is 1.73. The van der Waals surface area contributed by atoms with E-state index in [1.807, 2.05) is 6.07 Å². The summed E-state index contributed by atoms with van der Waals surface area (Å²) >= 11 is 3.33. The Hall–Kier alpha value is -1.12. The first-order valence-corrected chi connectivity index (χ1v) is 9.31.